The summed E-state index contributed by atoms with van der Waals surface area (Å²) >= 11 is 0. The first-order valence-electron chi connectivity index (χ1n) is 7.73. The summed E-state index contributed by atoms with van der Waals surface area (Å²) in [5, 5.41) is 2.81. The van der Waals surface area contributed by atoms with Gasteiger partial charge in [-0.25, -0.2) is 8.42 Å². The van der Waals surface area contributed by atoms with Gasteiger partial charge in [-0.3, -0.25) is 9.10 Å². The van der Waals surface area contributed by atoms with Gasteiger partial charge in [0.15, 0.2) is 0 Å². The van der Waals surface area contributed by atoms with E-state index in [1.807, 2.05) is 20.8 Å². The molecule has 1 aromatic rings. The number of hydrogen-bond acceptors (Lipinski definition) is 4. The molecule has 0 radical (unpaired) electrons. The Balaban J connectivity index is 3.07. The normalized spacial score (nSPS) is 14.0. The molecule has 0 spiro atoms. The number of benzene rings is 1. The molecule has 0 saturated heterocycles. The first-order chi connectivity index (χ1) is 10.7. The number of hydrogen-bond donors (Lipinski definition) is 1. The standard InChI is InChI=1S/C16H26N2O4S/c1-6-12(3)17-16(19)13(4)18(23(5,20)21)14-8-10-15(11-9-14)22-7-2/h8-13H,6-7H2,1-5H3,(H,17,19)/t12-,13-/m1/s1. The van der Waals surface area contributed by atoms with Crippen LogP contribution in [-0.2, 0) is 14.8 Å². The van der Waals surface area contributed by atoms with Crippen LogP contribution in [0.1, 0.15) is 34.1 Å². The Bertz CT molecular complexity index is 613. The monoisotopic (exact) mass is 342 g/mol. The molecule has 0 heterocycles. The molecule has 1 N–H and O–H groups in total. The maximum absolute atomic E-state index is 12.3. The van der Waals surface area contributed by atoms with Gasteiger partial charge in [-0.2, -0.15) is 0 Å². The van der Waals surface area contributed by atoms with Crippen molar-refractivity contribution in [2.45, 2.75) is 46.2 Å². The fourth-order valence-corrected chi connectivity index (χ4v) is 3.31. The van der Waals surface area contributed by atoms with Crippen LogP contribution in [0.15, 0.2) is 24.3 Å². The molecular formula is C16H26N2O4S. The van der Waals surface area contributed by atoms with E-state index in [0.29, 0.717) is 18.0 Å². The number of carbonyl (C=O) groups excluding carboxylic acids is 1. The molecular weight excluding hydrogens is 316 g/mol. The van der Waals surface area contributed by atoms with Gasteiger partial charge in [0.2, 0.25) is 15.9 Å². The molecule has 0 fully saturated rings. The molecule has 1 rings (SSSR count). The lowest BCUT2D eigenvalue weighted by atomic mass is 10.2. The van der Waals surface area contributed by atoms with Crippen LogP contribution in [0.5, 0.6) is 5.75 Å². The van der Waals surface area contributed by atoms with E-state index in [-0.39, 0.29) is 11.9 Å². The zero-order valence-electron chi connectivity index (χ0n) is 14.4. The second-order valence-electron chi connectivity index (χ2n) is 5.48. The van der Waals surface area contributed by atoms with Crippen LogP contribution >= 0.6 is 0 Å². The Kier molecular flexibility index (Phi) is 6.87. The summed E-state index contributed by atoms with van der Waals surface area (Å²) in [5.74, 6) is 0.333. The summed E-state index contributed by atoms with van der Waals surface area (Å²) in [6.07, 6.45) is 1.87. The number of nitrogens with zero attached hydrogens (tertiary/aromatic N) is 1. The van der Waals surface area contributed by atoms with Crippen molar-refractivity contribution < 1.29 is 17.9 Å². The lowest BCUT2D eigenvalue weighted by Gasteiger charge is -2.29. The summed E-state index contributed by atoms with van der Waals surface area (Å²) in [5.41, 5.74) is 0.433. The average Bonchev–Trinajstić information content (AvgIpc) is 2.47. The molecule has 6 nitrogen and oxygen atoms in total. The predicted molar refractivity (Wildman–Crippen MR) is 92.3 cm³/mol. The lowest BCUT2D eigenvalue weighted by molar-refractivity contribution is -0.122. The molecule has 23 heavy (non-hydrogen) atoms. The molecule has 0 saturated carbocycles. The molecule has 0 aromatic heterocycles. The quantitative estimate of drug-likeness (QED) is 0.785. The van der Waals surface area contributed by atoms with Gasteiger partial charge in [-0.15, -0.1) is 0 Å². The second kappa shape index (κ2) is 8.19. The molecule has 1 aromatic carbocycles. The van der Waals surface area contributed by atoms with Crippen LogP contribution in [0, 0.1) is 0 Å². The van der Waals surface area contributed by atoms with Crippen LogP contribution < -0.4 is 14.4 Å². The average molecular weight is 342 g/mol. The Hall–Kier alpha value is -1.76. The van der Waals surface area contributed by atoms with E-state index in [9.17, 15) is 13.2 Å². The summed E-state index contributed by atoms with van der Waals surface area (Å²) in [6.45, 7) is 7.82. The third-order valence-electron chi connectivity index (χ3n) is 3.49. The van der Waals surface area contributed by atoms with Crippen LogP contribution in [0.3, 0.4) is 0 Å². The fraction of sp³-hybridized carbons (Fsp3) is 0.562. The van der Waals surface area contributed by atoms with Crippen molar-refractivity contribution in [1.29, 1.82) is 0 Å². The maximum atomic E-state index is 12.3. The Labute approximate surface area is 138 Å². The highest BCUT2D eigenvalue weighted by molar-refractivity contribution is 7.92. The number of anilines is 1. The lowest BCUT2D eigenvalue weighted by Crippen LogP contribution is -2.49. The van der Waals surface area contributed by atoms with Gasteiger partial charge in [0, 0.05) is 6.04 Å². The van der Waals surface area contributed by atoms with E-state index in [1.165, 1.54) is 0 Å². The molecule has 0 aliphatic heterocycles. The summed E-state index contributed by atoms with van der Waals surface area (Å²) < 4.78 is 30.8. The van der Waals surface area contributed by atoms with Crippen LogP contribution in [0.25, 0.3) is 0 Å². The third-order valence-corrected chi connectivity index (χ3v) is 4.73. The van der Waals surface area contributed by atoms with E-state index >= 15 is 0 Å². The van der Waals surface area contributed by atoms with E-state index in [0.717, 1.165) is 17.0 Å². The minimum absolute atomic E-state index is 0.00769. The molecule has 0 aliphatic rings. The van der Waals surface area contributed by atoms with Crippen molar-refractivity contribution >= 4 is 21.6 Å². The van der Waals surface area contributed by atoms with Gasteiger partial charge in [0.25, 0.3) is 0 Å². The minimum Gasteiger partial charge on any atom is -0.494 e. The number of rotatable bonds is 8. The smallest absolute Gasteiger partial charge is 0.243 e. The molecule has 7 heteroatoms. The third kappa shape index (κ3) is 5.42. The van der Waals surface area contributed by atoms with Crippen molar-refractivity contribution in [1.82, 2.24) is 5.32 Å². The number of carbonyl (C=O) groups is 1. The number of amides is 1. The first-order valence-corrected chi connectivity index (χ1v) is 9.58. The van der Waals surface area contributed by atoms with E-state index in [1.54, 1.807) is 31.2 Å². The van der Waals surface area contributed by atoms with Gasteiger partial charge >= 0.3 is 0 Å². The van der Waals surface area contributed by atoms with Crippen LogP contribution in [0.2, 0.25) is 0 Å². The maximum Gasteiger partial charge on any atom is 0.243 e. The zero-order valence-corrected chi connectivity index (χ0v) is 15.2. The Morgan fingerprint density at radius 1 is 1.22 bits per heavy atom. The number of nitrogens with one attached hydrogen (secondary N) is 1. The van der Waals surface area contributed by atoms with Crippen molar-refractivity contribution in [2.24, 2.45) is 0 Å². The minimum atomic E-state index is -3.60. The highest BCUT2D eigenvalue weighted by Crippen LogP contribution is 2.24. The molecule has 0 aliphatic carbocycles. The van der Waals surface area contributed by atoms with Crippen molar-refractivity contribution in [3.63, 3.8) is 0 Å². The van der Waals surface area contributed by atoms with Crippen LogP contribution in [0.4, 0.5) is 5.69 Å². The molecule has 130 valence electrons. The zero-order chi connectivity index (χ0) is 17.6. The van der Waals surface area contributed by atoms with Crippen LogP contribution in [-0.4, -0.2) is 39.3 Å². The summed E-state index contributed by atoms with van der Waals surface area (Å²) in [7, 11) is -3.60. The highest BCUT2D eigenvalue weighted by atomic mass is 32.2. The second-order valence-corrected chi connectivity index (χ2v) is 7.34. The topological polar surface area (TPSA) is 75.7 Å². The summed E-state index contributed by atoms with van der Waals surface area (Å²) in [4.78, 5) is 12.3. The fourth-order valence-electron chi connectivity index (χ4n) is 2.13. The van der Waals surface area contributed by atoms with Crippen molar-refractivity contribution in [2.75, 3.05) is 17.2 Å². The number of ether oxygens (including phenoxy) is 1. The van der Waals surface area contributed by atoms with Gasteiger partial charge in [0.1, 0.15) is 11.8 Å². The highest BCUT2D eigenvalue weighted by Gasteiger charge is 2.29. The first kappa shape index (κ1) is 19.3. The molecule has 2 atom stereocenters. The number of sulfonamides is 1. The molecule has 0 unspecified atom stereocenters. The molecule has 0 bridgehead atoms. The van der Waals surface area contributed by atoms with Crippen molar-refractivity contribution in [3.05, 3.63) is 24.3 Å². The van der Waals surface area contributed by atoms with Gasteiger partial charge in [-0.1, -0.05) is 6.92 Å². The summed E-state index contributed by atoms with van der Waals surface area (Å²) in [6, 6.07) is 5.81. The Morgan fingerprint density at radius 3 is 2.22 bits per heavy atom. The van der Waals surface area contributed by atoms with E-state index < -0.39 is 16.1 Å². The predicted octanol–water partition coefficient (Wildman–Crippen LogP) is 2.15. The van der Waals surface area contributed by atoms with Gasteiger partial charge < -0.3 is 10.1 Å². The SMILES string of the molecule is CCOc1ccc(N([C@H](C)C(=O)N[C@H](C)CC)S(C)(=O)=O)cc1. The van der Waals surface area contributed by atoms with E-state index in [4.69, 9.17) is 4.74 Å². The van der Waals surface area contributed by atoms with Gasteiger partial charge in [-0.05, 0) is 51.5 Å². The largest absolute Gasteiger partial charge is 0.494 e. The Morgan fingerprint density at radius 2 is 1.78 bits per heavy atom. The van der Waals surface area contributed by atoms with Crippen molar-refractivity contribution in [3.8, 4) is 5.75 Å². The van der Waals surface area contributed by atoms with Gasteiger partial charge in [0.05, 0.1) is 18.6 Å². The van der Waals surface area contributed by atoms with E-state index in [2.05, 4.69) is 5.32 Å². The molecule has 1 amide bonds.